The number of benzene rings is 2. The normalized spacial score (nSPS) is 10.6. The highest BCUT2D eigenvalue weighted by atomic mass is 32.9. The highest BCUT2D eigenvalue weighted by Gasteiger charge is 2.10. The van der Waals surface area contributed by atoms with Crippen molar-refractivity contribution in [1.29, 1.82) is 0 Å². The number of rotatable bonds is 13. The Kier molecular flexibility index (Phi) is 10.1. The molecule has 0 unspecified atom stereocenters. The van der Waals surface area contributed by atoms with Crippen LogP contribution in [0.25, 0.3) is 21.1 Å². The third-order valence-corrected chi connectivity index (χ3v) is 8.64. The molecule has 0 aliphatic carbocycles. The summed E-state index contributed by atoms with van der Waals surface area (Å²) in [6.45, 7) is 0.387. The first-order chi connectivity index (χ1) is 18.5. The van der Waals surface area contributed by atoms with Crippen LogP contribution in [0.5, 0.6) is 11.5 Å². The largest absolute Gasteiger partial charge is 0.490 e. The lowest BCUT2D eigenvalue weighted by atomic mass is 10.2. The molecule has 0 amide bonds. The van der Waals surface area contributed by atoms with Gasteiger partial charge in [0.25, 0.3) is 0 Å². The topological polar surface area (TPSA) is 131 Å². The summed E-state index contributed by atoms with van der Waals surface area (Å²) in [6, 6.07) is 14.2. The van der Waals surface area contributed by atoms with Gasteiger partial charge in [0.1, 0.15) is 47.9 Å². The standard InChI is InChI=1S/C24H20N2O8S4/c27-19(33-13-11-31-17-5-1-15(2-6-17)21-25-23(29)37-35-21)9-10-20(28)34-14-12-32-18-7-3-16(4-8-18)22-26-24(30)38-36-22/h1-8H,9-14H2. The lowest BCUT2D eigenvalue weighted by Crippen LogP contribution is -2.16. The lowest BCUT2D eigenvalue weighted by molar-refractivity contribution is -0.151. The second-order valence-electron chi connectivity index (χ2n) is 7.39. The lowest BCUT2D eigenvalue weighted by Gasteiger charge is -2.09. The van der Waals surface area contributed by atoms with Crippen molar-refractivity contribution >= 4 is 53.3 Å². The van der Waals surface area contributed by atoms with Gasteiger partial charge >= 0.3 is 21.7 Å². The molecule has 0 saturated heterocycles. The van der Waals surface area contributed by atoms with E-state index in [4.69, 9.17) is 18.9 Å². The third kappa shape index (κ3) is 8.55. The van der Waals surface area contributed by atoms with Gasteiger partial charge in [-0.3, -0.25) is 19.2 Å². The summed E-state index contributed by atoms with van der Waals surface area (Å²) in [5, 5.41) is 1.32. The van der Waals surface area contributed by atoms with E-state index in [1.165, 1.54) is 20.7 Å². The molecule has 0 atom stereocenters. The molecule has 4 rings (SSSR count). The highest BCUT2D eigenvalue weighted by Crippen LogP contribution is 2.25. The smallest absolute Gasteiger partial charge is 0.337 e. The van der Waals surface area contributed by atoms with E-state index in [0.717, 1.165) is 31.8 Å². The molecule has 2 heterocycles. The van der Waals surface area contributed by atoms with Crippen LogP contribution in [-0.2, 0) is 19.1 Å². The molecular formula is C24H20N2O8S4. The summed E-state index contributed by atoms with van der Waals surface area (Å²) >= 11 is 0. The first-order valence-electron chi connectivity index (χ1n) is 11.2. The van der Waals surface area contributed by atoms with Crippen molar-refractivity contribution in [3.05, 3.63) is 67.9 Å². The summed E-state index contributed by atoms with van der Waals surface area (Å²) < 4.78 is 21.2. The monoisotopic (exact) mass is 592 g/mol. The number of carbonyl (C=O) groups excluding carboxylic acids is 2. The average Bonchev–Trinajstić information content (AvgIpc) is 3.57. The van der Waals surface area contributed by atoms with Crippen LogP contribution in [-0.4, -0.2) is 48.3 Å². The molecule has 0 bridgehead atoms. The molecule has 14 heteroatoms. The van der Waals surface area contributed by atoms with Crippen LogP contribution >= 0.6 is 41.4 Å². The number of carbonyl (C=O) groups is 2. The maximum Gasteiger partial charge on any atom is 0.337 e. The first kappa shape index (κ1) is 27.6. The number of nitrogens with zero attached hydrogens (tertiary/aromatic N) is 2. The number of ether oxygens (including phenoxy) is 4. The summed E-state index contributed by atoms with van der Waals surface area (Å²) in [5.74, 6) is 0.125. The molecule has 0 spiro atoms. The van der Waals surface area contributed by atoms with Crippen molar-refractivity contribution in [1.82, 2.24) is 9.97 Å². The van der Waals surface area contributed by atoms with E-state index in [-0.39, 0.29) is 49.0 Å². The molecule has 198 valence electrons. The predicted molar refractivity (Wildman–Crippen MR) is 146 cm³/mol. The molecule has 10 nitrogen and oxygen atoms in total. The predicted octanol–water partition coefficient (Wildman–Crippen LogP) is 4.10. The fourth-order valence-electron chi connectivity index (χ4n) is 2.98. The Morgan fingerprint density at radius 1 is 0.579 bits per heavy atom. The summed E-state index contributed by atoms with van der Waals surface area (Å²) in [5.41, 5.74) is 1.65. The van der Waals surface area contributed by atoms with E-state index in [1.54, 1.807) is 48.5 Å². The molecule has 0 N–H and O–H groups in total. The van der Waals surface area contributed by atoms with Gasteiger partial charge in [0.2, 0.25) is 0 Å². The Labute approximate surface area is 230 Å². The second kappa shape index (κ2) is 13.9. The van der Waals surface area contributed by atoms with Gasteiger partial charge in [0.05, 0.1) is 12.8 Å². The van der Waals surface area contributed by atoms with Crippen LogP contribution in [0.1, 0.15) is 12.8 Å². The molecular weight excluding hydrogens is 573 g/mol. The average molecular weight is 593 g/mol. The molecule has 0 aliphatic rings. The van der Waals surface area contributed by atoms with Gasteiger partial charge < -0.3 is 18.9 Å². The van der Waals surface area contributed by atoms with Crippen LogP contribution in [0.4, 0.5) is 0 Å². The minimum absolute atomic E-state index is 0.0388. The molecule has 0 aliphatic heterocycles. The van der Waals surface area contributed by atoms with E-state index < -0.39 is 11.9 Å². The van der Waals surface area contributed by atoms with E-state index >= 15 is 0 Å². The Hall–Kier alpha value is -3.46. The fourth-order valence-corrected chi connectivity index (χ4v) is 6.29. The van der Waals surface area contributed by atoms with E-state index in [9.17, 15) is 19.2 Å². The summed E-state index contributed by atoms with van der Waals surface area (Å²) in [4.78, 5) is 53.5. The van der Waals surface area contributed by atoms with Gasteiger partial charge in [-0.1, -0.05) is 20.7 Å². The fraction of sp³-hybridized carbons (Fsp3) is 0.250. The molecule has 0 fully saturated rings. The Balaban J connectivity index is 1.04. The number of hydrogen-bond acceptors (Lipinski definition) is 14. The summed E-state index contributed by atoms with van der Waals surface area (Å²) in [7, 11) is 4.80. The Morgan fingerprint density at radius 3 is 1.32 bits per heavy atom. The summed E-state index contributed by atoms with van der Waals surface area (Å²) in [6.07, 6.45) is -0.204. The molecule has 4 aromatic rings. The minimum atomic E-state index is -0.527. The van der Waals surface area contributed by atoms with Gasteiger partial charge in [0, 0.05) is 11.1 Å². The van der Waals surface area contributed by atoms with Crippen molar-refractivity contribution < 1.29 is 28.5 Å². The molecule has 0 saturated carbocycles. The Bertz CT molecular complexity index is 1350. The quantitative estimate of drug-likeness (QED) is 0.127. The minimum Gasteiger partial charge on any atom is -0.490 e. The number of aromatic nitrogens is 2. The zero-order chi connectivity index (χ0) is 26.7. The van der Waals surface area contributed by atoms with Gasteiger partial charge in [-0.25, -0.2) is 0 Å². The van der Waals surface area contributed by atoms with Gasteiger partial charge in [-0.2, -0.15) is 9.97 Å². The molecule has 2 aromatic heterocycles. The van der Waals surface area contributed by atoms with Gasteiger partial charge in [-0.05, 0) is 69.2 Å². The van der Waals surface area contributed by atoms with E-state index in [0.29, 0.717) is 21.5 Å². The van der Waals surface area contributed by atoms with Crippen LogP contribution in [0.2, 0.25) is 0 Å². The van der Waals surface area contributed by atoms with Crippen molar-refractivity contribution in [3.8, 4) is 32.6 Å². The van der Waals surface area contributed by atoms with Crippen molar-refractivity contribution in [2.75, 3.05) is 26.4 Å². The highest BCUT2D eigenvalue weighted by molar-refractivity contribution is 7.69. The molecule has 0 radical (unpaired) electrons. The van der Waals surface area contributed by atoms with Crippen molar-refractivity contribution in [3.63, 3.8) is 0 Å². The van der Waals surface area contributed by atoms with E-state index in [2.05, 4.69) is 9.97 Å². The number of hydrogen-bond donors (Lipinski definition) is 0. The van der Waals surface area contributed by atoms with Crippen LogP contribution in [0, 0.1) is 0 Å². The van der Waals surface area contributed by atoms with Crippen LogP contribution < -0.4 is 19.2 Å². The van der Waals surface area contributed by atoms with Crippen LogP contribution in [0.3, 0.4) is 0 Å². The van der Waals surface area contributed by atoms with Gasteiger partial charge in [-0.15, -0.1) is 0 Å². The molecule has 38 heavy (non-hydrogen) atoms. The Morgan fingerprint density at radius 2 is 0.974 bits per heavy atom. The maximum atomic E-state index is 11.8. The second-order valence-corrected chi connectivity index (χ2v) is 11.5. The van der Waals surface area contributed by atoms with Crippen LogP contribution in [0.15, 0.2) is 58.1 Å². The molecule has 2 aromatic carbocycles. The van der Waals surface area contributed by atoms with Gasteiger partial charge in [0.15, 0.2) is 0 Å². The SMILES string of the molecule is O=C(CCC(=O)OCCOc1ccc(-c2nc(=O)ss2)cc1)OCCOc1ccc(-c2nc(=O)ss2)cc1. The number of esters is 2. The van der Waals surface area contributed by atoms with Crippen molar-refractivity contribution in [2.45, 2.75) is 12.8 Å². The zero-order valence-corrected chi connectivity index (χ0v) is 22.9. The zero-order valence-electron chi connectivity index (χ0n) is 19.7. The maximum absolute atomic E-state index is 11.8. The third-order valence-electron chi connectivity index (χ3n) is 4.74. The van der Waals surface area contributed by atoms with E-state index in [1.807, 2.05) is 0 Å². The van der Waals surface area contributed by atoms with Crippen molar-refractivity contribution in [2.24, 2.45) is 0 Å². The first-order valence-corrected chi connectivity index (χ1v) is 15.5.